The number of rotatable bonds is 7. The van der Waals surface area contributed by atoms with Crippen LogP contribution < -0.4 is 11.1 Å². The van der Waals surface area contributed by atoms with Crippen LogP contribution in [0, 0.1) is 0 Å². The Bertz CT molecular complexity index is 525. The summed E-state index contributed by atoms with van der Waals surface area (Å²) in [6.45, 7) is 3.04. The van der Waals surface area contributed by atoms with E-state index in [-0.39, 0.29) is 5.91 Å². The number of nitrogens with zero attached hydrogens (tertiary/aromatic N) is 1. The van der Waals surface area contributed by atoms with E-state index in [1.54, 1.807) is 18.4 Å². The normalized spacial score (nSPS) is 11.7. The minimum Gasteiger partial charge on any atom is -0.397 e. The molecule has 0 aliphatic carbocycles. The van der Waals surface area contributed by atoms with Gasteiger partial charge in [0, 0.05) is 19.6 Å². The zero-order chi connectivity index (χ0) is 14.5. The van der Waals surface area contributed by atoms with Crippen LogP contribution in [0.3, 0.4) is 0 Å². The lowest BCUT2D eigenvalue weighted by Gasteiger charge is -2.17. The quantitative estimate of drug-likeness (QED) is 0.726. The number of nitrogens with one attached hydrogen (secondary N) is 1. The van der Waals surface area contributed by atoms with Crippen molar-refractivity contribution in [2.45, 2.75) is 13.3 Å². The first-order valence-corrected chi connectivity index (χ1v) is 8.65. The Morgan fingerprint density at radius 1 is 1.53 bits per heavy atom. The number of amides is 1. The van der Waals surface area contributed by atoms with Crippen molar-refractivity contribution in [3.05, 3.63) is 16.3 Å². The average molecular weight is 305 g/mol. The molecule has 0 aromatic carbocycles. The molecule has 1 heterocycles. The topological polar surface area (TPSA) is 92.5 Å². The number of anilines is 1. The molecule has 8 heteroatoms. The molecule has 0 saturated carbocycles. The number of sulfonamides is 1. The minimum atomic E-state index is -3.16. The molecule has 3 N–H and O–H groups in total. The van der Waals surface area contributed by atoms with Gasteiger partial charge in [0.15, 0.2) is 0 Å². The number of thiophene rings is 1. The summed E-state index contributed by atoms with van der Waals surface area (Å²) in [5.74, 6) is -0.213. The molecule has 0 unspecified atom stereocenters. The third kappa shape index (κ3) is 4.81. The molecule has 6 nitrogen and oxygen atoms in total. The summed E-state index contributed by atoms with van der Waals surface area (Å²) in [4.78, 5) is 12.2. The summed E-state index contributed by atoms with van der Waals surface area (Å²) in [5, 5.41) is 4.48. The van der Waals surface area contributed by atoms with E-state index in [9.17, 15) is 13.2 Å². The van der Waals surface area contributed by atoms with E-state index in [0.717, 1.165) is 0 Å². The molecule has 1 rings (SSSR count). The Balaban J connectivity index is 2.36. The van der Waals surface area contributed by atoms with Crippen molar-refractivity contribution in [1.29, 1.82) is 0 Å². The van der Waals surface area contributed by atoms with E-state index < -0.39 is 10.0 Å². The number of nitrogen functional groups attached to an aromatic ring is 1. The van der Waals surface area contributed by atoms with Gasteiger partial charge in [0.1, 0.15) is 4.88 Å². The maximum atomic E-state index is 11.7. The number of carbonyl (C=O) groups excluding carboxylic acids is 1. The highest BCUT2D eigenvalue weighted by molar-refractivity contribution is 7.88. The Morgan fingerprint density at radius 3 is 2.68 bits per heavy atom. The maximum absolute atomic E-state index is 11.7. The van der Waals surface area contributed by atoms with Gasteiger partial charge >= 0.3 is 0 Å². The maximum Gasteiger partial charge on any atom is 0.263 e. The van der Waals surface area contributed by atoms with E-state index in [2.05, 4.69) is 5.32 Å². The van der Waals surface area contributed by atoms with Crippen LogP contribution in [-0.2, 0) is 10.0 Å². The first-order valence-electron chi connectivity index (χ1n) is 5.92. The lowest BCUT2D eigenvalue weighted by atomic mass is 10.3. The summed E-state index contributed by atoms with van der Waals surface area (Å²) in [6.07, 6.45) is 1.75. The highest BCUT2D eigenvalue weighted by atomic mass is 32.2. The molecule has 0 spiro atoms. The molecule has 1 aromatic heterocycles. The number of carbonyl (C=O) groups is 1. The van der Waals surface area contributed by atoms with Crippen molar-refractivity contribution in [3.8, 4) is 0 Å². The second-order valence-electron chi connectivity index (χ2n) is 4.07. The predicted molar refractivity (Wildman–Crippen MR) is 77.8 cm³/mol. The van der Waals surface area contributed by atoms with Crippen LogP contribution in [-0.4, -0.2) is 44.5 Å². The fourth-order valence-electron chi connectivity index (χ4n) is 1.60. The minimum absolute atomic E-state index is 0.213. The van der Waals surface area contributed by atoms with Crippen LogP contribution in [0.2, 0.25) is 0 Å². The summed E-state index contributed by atoms with van der Waals surface area (Å²) in [6, 6.07) is 1.68. The molecule has 1 aromatic rings. The standard InChI is InChI=1S/C11H19N3O3S2/c1-3-14(19(2,16)17)7-4-6-13-11(15)10-9(12)5-8-18-10/h5,8H,3-4,6-7,12H2,1-2H3,(H,13,15). The van der Waals surface area contributed by atoms with Gasteiger partial charge in [0.2, 0.25) is 10.0 Å². The molecule has 0 bridgehead atoms. The van der Waals surface area contributed by atoms with Gasteiger partial charge in [0.05, 0.1) is 11.9 Å². The monoisotopic (exact) mass is 305 g/mol. The predicted octanol–water partition coefficient (Wildman–Crippen LogP) is 0.732. The van der Waals surface area contributed by atoms with Gasteiger partial charge in [-0.25, -0.2) is 12.7 Å². The fraction of sp³-hybridized carbons (Fsp3) is 0.545. The van der Waals surface area contributed by atoms with Gasteiger partial charge in [-0.1, -0.05) is 6.92 Å². The van der Waals surface area contributed by atoms with E-state index in [1.165, 1.54) is 21.9 Å². The Kier molecular flexibility index (Phi) is 5.77. The zero-order valence-electron chi connectivity index (χ0n) is 11.0. The SMILES string of the molecule is CCN(CCCNC(=O)c1sccc1N)S(C)(=O)=O. The van der Waals surface area contributed by atoms with Crippen molar-refractivity contribution in [2.75, 3.05) is 31.6 Å². The van der Waals surface area contributed by atoms with Gasteiger partial charge in [-0.05, 0) is 17.9 Å². The Hall–Kier alpha value is -1.12. The van der Waals surface area contributed by atoms with Crippen LogP contribution in [0.25, 0.3) is 0 Å². The van der Waals surface area contributed by atoms with Gasteiger partial charge in [-0.2, -0.15) is 0 Å². The van der Waals surface area contributed by atoms with Crippen molar-refractivity contribution >= 4 is 33.0 Å². The zero-order valence-corrected chi connectivity index (χ0v) is 12.7. The van der Waals surface area contributed by atoms with Crippen molar-refractivity contribution in [2.24, 2.45) is 0 Å². The molecule has 0 fully saturated rings. The van der Waals surface area contributed by atoms with Gasteiger partial charge in [-0.15, -0.1) is 11.3 Å². The molecule has 108 valence electrons. The molecule has 0 saturated heterocycles. The molecular formula is C11H19N3O3S2. The van der Waals surface area contributed by atoms with Crippen LogP contribution in [0.4, 0.5) is 5.69 Å². The highest BCUT2D eigenvalue weighted by Crippen LogP contribution is 2.18. The number of hydrogen-bond donors (Lipinski definition) is 2. The summed E-state index contributed by atoms with van der Waals surface area (Å²) < 4.78 is 24.1. The first-order chi connectivity index (χ1) is 8.86. The summed E-state index contributed by atoms with van der Waals surface area (Å²) in [5.41, 5.74) is 6.10. The second kappa shape index (κ2) is 6.88. The van der Waals surface area contributed by atoms with Crippen LogP contribution in [0.1, 0.15) is 23.0 Å². The molecule has 0 aliphatic rings. The second-order valence-corrected chi connectivity index (χ2v) is 6.97. The number of nitrogens with two attached hydrogens (primary N) is 1. The highest BCUT2D eigenvalue weighted by Gasteiger charge is 2.14. The van der Waals surface area contributed by atoms with E-state index in [4.69, 9.17) is 5.73 Å². The van der Waals surface area contributed by atoms with E-state index in [1.807, 2.05) is 0 Å². The lowest BCUT2D eigenvalue weighted by Crippen LogP contribution is -2.33. The Labute approximate surface area is 117 Å². The first kappa shape index (κ1) is 15.9. The molecule has 19 heavy (non-hydrogen) atoms. The molecule has 0 aliphatic heterocycles. The molecular weight excluding hydrogens is 286 g/mol. The number of hydrogen-bond acceptors (Lipinski definition) is 5. The fourth-order valence-corrected chi connectivity index (χ4v) is 3.26. The largest absolute Gasteiger partial charge is 0.397 e. The van der Waals surface area contributed by atoms with Gasteiger partial charge in [-0.3, -0.25) is 4.79 Å². The van der Waals surface area contributed by atoms with Gasteiger partial charge in [0.25, 0.3) is 5.91 Å². The third-order valence-corrected chi connectivity index (χ3v) is 4.90. The Morgan fingerprint density at radius 2 is 2.21 bits per heavy atom. The lowest BCUT2D eigenvalue weighted by molar-refractivity contribution is 0.0957. The van der Waals surface area contributed by atoms with Crippen LogP contribution in [0.5, 0.6) is 0 Å². The molecule has 1 amide bonds. The average Bonchev–Trinajstić information content (AvgIpc) is 2.73. The van der Waals surface area contributed by atoms with Crippen LogP contribution >= 0.6 is 11.3 Å². The molecule has 0 atom stereocenters. The van der Waals surface area contributed by atoms with Crippen LogP contribution in [0.15, 0.2) is 11.4 Å². The van der Waals surface area contributed by atoms with Crippen molar-refractivity contribution in [3.63, 3.8) is 0 Å². The third-order valence-electron chi connectivity index (χ3n) is 2.59. The summed E-state index contributed by atoms with van der Waals surface area (Å²) >= 11 is 1.29. The van der Waals surface area contributed by atoms with E-state index >= 15 is 0 Å². The smallest absolute Gasteiger partial charge is 0.263 e. The van der Waals surface area contributed by atoms with Crippen molar-refractivity contribution < 1.29 is 13.2 Å². The van der Waals surface area contributed by atoms with Gasteiger partial charge < -0.3 is 11.1 Å². The summed E-state index contributed by atoms with van der Waals surface area (Å²) in [7, 11) is -3.16. The van der Waals surface area contributed by atoms with E-state index in [0.29, 0.717) is 36.6 Å². The molecule has 0 radical (unpaired) electrons. The van der Waals surface area contributed by atoms with Crippen molar-refractivity contribution in [1.82, 2.24) is 9.62 Å².